The molecule has 0 N–H and O–H groups in total. The highest BCUT2D eigenvalue weighted by atomic mass is 79.9. The van der Waals surface area contributed by atoms with Crippen LogP contribution in [0, 0.1) is 6.92 Å². The number of benzene rings is 2. The molecule has 3 nitrogen and oxygen atoms in total. The first-order chi connectivity index (χ1) is 11.0. The molecular weight excluding hydrogens is 352 g/mol. The van der Waals surface area contributed by atoms with E-state index in [1.807, 2.05) is 36.1 Å². The zero-order valence-electron chi connectivity index (χ0n) is 13.5. The third kappa shape index (κ3) is 3.65. The van der Waals surface area contributed by atoms with Gasteiger partial charge in [-0.2, -0.15) is 0 Å². The number of rotatable bonds is 3. The molecule has 0 bridgehead atoms. The number of anilines is 1. The molecule has 0 unspecified atom stereocenters. The number of hydrogen-bond donors (Lipinski definition) is 0. The van der Waals surface area contributed by atoms with Crippen LogP contribution >= 0.6 is 15.9 Å². The van der Waals surface area contributed by atoms with Gasteiger partial charge in [-0.3, -0.25) is 9.69 Å². The van der Waals surface area contributed by atoms with Gasteiger partial charge in [0.1, 0.15) is 0 Å². The number of carbonyl (C=O) groups is 1. The van der Waals surface area contributed by atoms with E-state index in [4.69, 9.17) is 0 Å². The fourth-order valence-corrected chi connectivity index (χ4v) is 3.46. The number of hydrogen-bond acceptors (Lipinski definition) is 2. The van der Waals surface area contributed by atoms with Gasteiger partial charge in [-0.05, 0) is 37.6 Å². The number of amides is 1. The van der Waals surface area contributed by atoms with Gasteiger partial charge < -0.3 is 4.90 Å². The van der Waals surface area contributed by atoms with Gasteiger partial charge in [0.2, 0.25) is 5.91 Å². The number of halogens is 1. The fourth-order valence-electron chi connectivity index (χ4n) is 3.08. The van der Waals surface area contributed by atoms with Gasteiger partial charge in [0.15, 0.2) is 0 Å². The maximum Gasteiger partial charge on any atom is 0.244 e. The number of piperazine rings is 1. The first-order valence-corrected chi connectivity index (χ1v) is 8.70. The third-order valence-corrected chi connectivity index (χ3v) is 4.86. The van der Waals surface area contributed by atoms with Crippen molar-refractivity contribution in [1.82, 2.24) is 4.90 Å². The standard InChI is InChI=1S/C19H21BrN2O/c1-14-5-3-6-16(11-14)13-21-9-10-22(19(23)15(21)2)18-8-4-7-17(20)12-18/h3-8,11-12,15H,9-10,13H2,1-2H3/t15-/m0/s1. The summed E-state index contributed by atoms with van der Waals surface area (Å²) in [5.41, 5.74) is 3.49. The Morgan fingerprint density at radius 3 is 2.65 bits per heavy atom. The normalized spacial score (nSPS) is 19.2. The predicted molar refractivity (Wildman–Crippen MR) is 97.5 cm³/mol. The van der Waals surface area contributed by atoms with Crippen molar-refractivity contribution in [3.8, 4) is 0 Å². The summed E-state index contributed by atoms with van der Waals surface area (Å²) in [6.45, 7) is 6.53. The van der Waals surface area contributed by atoms with Crippen LogP contribution in [0.15, 0.2) is 53.0 Å². The summed E-state index contributed by atoms with van der Waals surface area (Å²) in [4.78, 5) is 16.9. The summed E-state index contributed by atoms with van der Waals surface area (Å²) >= 11 is 3.48. The summed E-state index contributed by atoms with van der Waals surface area (Å²) < 4.78 is 0.998. The van der Waals surface area contributed by atoms with E-state index in [-0.39, 0.29) is 11.9 Å². The highest BCUT2D eigenvalue weighted by Gasteiger charge is 2.32. The van der Waals surface area contributed by atoms with E-state index >= 15 is 0 Å². The quantitative estimate of drug-likeness (QED) is 0.812. The van der Waals surface area contributed by atoms with Crippen LogP contribution < -0.4 is 4.90 Å². The van der Waals surface area contributed by atoms with Crippen molar-refractivity contribution in [2.75, 3.05) is 18.0 Å². The molecule has 23 heavy (non-hydrogen) atoms. The predicted octanol–water partition coefficient (Wildman–Crippen LogP) is 3.99. The molecule has 2 aromatic rings. The molecule has 1 aliphatic heterocycles. The van der Waals surface area contributed by atoms with Crippen LogP contribution in [0.3, 0.4) is 0 Å². The van der Waals surface area contributed by atoms with Crippen molar-refractivity contribution in [1.29, 1.82) is 0 Å². The summed E-state index contributed by atoms with van der Waals surface area (Å²) in [6, 6.07) is 16.3. The second kappa shape index (κ2) is 6.85. The minimum atomic E-state index is -0.108. The second-order valence-corrected chi connectivity index (χ2v) is 7.02. The first-order valence-electron chi connectivity index (χ1n) is 7.91. The largest absolute Gasteiger partial charge is 0.310 e. The maximum absolute atomic E-state index is 12.8. The van der Waals surface area contributed by atoms with E-state index < -0.39 is 0 Å². The van der Waals surface area contributed by atoms with Crippen LogP contribution in [-0.2, 0) is 11.3 Å². The highest BCUT2D eigenvalue weighted by Crippen LogP contribution is 2.24. The molecule has 1 fully saturated rings. The van der Waals surface area contributed by atoms with Gasteiger partial charge in [0, 0.05) is 29.8 Å². The Labute approximate surface area is 146 Å². The van der Waals surface area contributed by atoms with Gasteiger partial charge in [-0.1, -0.05) is 51.8 Å². The minimum absolute atomic E-state index is 0.108. The molecule has 4 heteroatoms. The Bertz CT molecular complexity index is 716. The number of carbonyl (C=O) groups excluding carboxylic acids is 1. The molecule has 0 aliphatic carbocycles. The van der Waals surface area contributed by atoms with Gasteiger partial charge in [0.05, 0.1) is 6.04 Å². The minimum Gasteiger partial charge on any atom is -0.310 e. The Balaban J connectivity index is 1.73. The summed E-state index contributed by atoms with van der Waals surface area (Å²) in [6.07, 6.45) is 0. The van der Waals surface area contributed by atoms with Crippen molar-refractivity contribution < 1.29 is 4.79 Å². The van der Waals surface area contributed by atoms with Crippen LogP contribution in [0.4, 0.5) is 5.69 Å². The molecule has 2 aromatic carbocycles. The Morgan fingerprint density at radius 2 is 1.91 bits per heavy atom. The van der Waals surface area contributed by atoms with Crippen LogP contribution in [0.25, 0.3) is 0 Å². The fraction of sp³-hybridized carbons (Fsp3) is 0.316. The lowest BCUT2D eigenvalue weighted by Gasteiger charge is -2.39. The zero-order valence-corrected chi connectivity index (χ0v) is 15.1. The molecule has 1 saturated heterocycles. The maximum atomic E-state index is 12.8. The number of nitrogens with zero attached hydrogens (tertiary/aromatic N) is 2. The summed E-state index contributed by atoms with van der Waals surface area (Å²) in [7, 11) is 0. The molecule has 0 radical (unpaired) electrons. The van der Waals surface area contributed by atoms with E-state index in [9.17, 15) is 4.79 Å². The molecule has 0 spiro atoms. The molecule has 1 aliphatic rings. The van der Waals surface area contributed by atoms with Crippen LogP contribution in [0.2, 0.25) is 0 Å². The van der Waals surface area contributed by atoms with E-state index in [1.165, 1.54) is 11.1 Å². The topological polar surface area (TPSA) is 23.6 Å². The van der Waals surface area contributed by atoms with Crippen molar-refractivity contribution in [3.05, 3.63) is 64.1 Å². The molecule has 1 atom stereocenters. The molecule has 120 valence electrons. The summed E-state index contributed by atoms with van der Waals surface area (Å²) in [5, 5.41) is 0. The molecule has 1 heterocycles. The smallest absolute Gasteiger partial charge is 0.244 e. The van der Waals surface area contributed by atoms with Gasteiger partial charge in [0.25, 0.3) is 0 Å². The second-order valence-electron chi connectivity index (χ2n) is 6.11. The molecule has 1 amide bonds. The molecule has 0 aromatic heterocycles. The van der Waals surface area contributed by atoms with Gasteiger partial charge in [-0.25, -0.2) is 0 Å². The lowest BCUT2D eigenvalue weighted by atomic mass is 10.1. The van der Waals surface area contributed by atoms with Gasteiger partial charge >= 0.3 is 0 Å². The van der Waals surface area contributed by atoms with Gasteiger partial charge in [-0.15, -0.1) is 0 Å². The molecular formula is C19H21BrN2O. The van der Waals surface area contributed by atoms with Crippen molar-refractivity contribution in [2.24, 2.45) is 0 Å². The SMILES string of the molecule is Cc1cccc(CN2CCN(c3cccc(Br)c3)C(=O)[C@@H]2C)c1. The zero-order chi connectivity index (χ0) is 16.4. The van der Waals surface area contributed by atoms with E-state index in [0.29, 0.717) is 0 Å². The number of aryl methyl sites for hydroxylation is 1. The average molecular weight is 373 g/mol. The molecule has 0 saturated carbocycles. The first kappa shape index (κ1) is 16.2. The van der Waals surface area contributed by atoms with Crippen molar-refractivity contribution in [2.45, 2.75) is 26.4 Å². The Kier molecular flexibility index (Phi) is 4.83. The van der Waals surface area contributed by atoms with Crippen molar-refractivity contribution >= 4 is 27.5 Å². The Morgan fingerprint density at radius 1 is 1.13 bits per heavy atom. The van der Waals surface area contributed by atoms with E-state index in [1.54, 1.807) is 0 Å². The lowest BCUT2D eigenvalue weighted by Crippen LogP contribution is -2.55. The highest BCUT2D eigenvalue weighted by molar-refractivity contribution is 9.10. The monoisotopic (exact) mass is 372 g/mol. The van der Waals surface area contributed by atoms with Crippen molar-refractivity contribution in [3.63, 3.8) is 0 Å². The van der Waals surface area contributed by atoms with Crippen LogP contribution in [-0.4, -0.2) is 29.9 Å². The van der Waals surface area contributed by atoms with Crippen LogP contribution in [0.5, 0.6) is 0 Å². The Hall–Kier alpha value is -1.65. The molecule has 3 rings (SSSR count). The van der Waals surface area contributed by atoms with E-state index in [0.717, 1.165) is 29.8 Å². The summed E-state index contributed by atoms with van der Waals surface area (Å²) in [5.74, 6) is 0.169. The van der Waals surface area contributed by atoms with E-state index in [2.05, 4.69) is 52.0 Å². The lowest BCUT2D eigenvalue weighted by molar-refractivity contribution is -0.125. The van der Waals surface area contributed by atoms with Crippen LogP contribution in [0.1, 0.15) is 18.1 Å². The average Bonchev–Trinajstić information content (AvgIpc) is 2.52. The third-order valence-electron chi connectivity index (χ3n) is 4.37.